The number of hydrogen-bond acceptors (Lipinski definition) is 2. The Morgan fingerprint density at radius 1 is 0.931 bits per heavy atom. The predicted molar refractivity (Wildman–Crippen MR) is 112 cm³/mol. The third kappa shape index (κ3) is 3.28. The Morgan fingerprint density at radius 2 is 1.59 bits per heavy atom. The molecule has 3 fully saturated rings. The molecule has 1 amide bonds. The van der Waals surface area contributed by atoms with Crippen LogP contribution in [0.5, 0.6) is 0 Å². The first kappa shape index (κ1) is 18.8. The van der Waals surface area contributed by atoms with Crippen molar-refractivity contribution in [2.75, 3.05) is 19.6 Å². The maximum absolute atomic E-state index is 14.0. The van der Waals surface area contributed by atoms with Gasteiger partial charge in [0.15, 0.2) is 0 Å². The molecule has 1 spiro atoms. The Labute approximate surface area is 172 Å². The van der Waals surface area contributed by atoms with E-state index in [9.17, 15) is 9.18 Å². The standard InChI is InChI=1S/C25H29FN2O/c26-22-11-5-4-10-21(22)24(29)27-16-12-20(13-17-27)28-18-25(14-6-7-15-25)23(28)19-8-2-1-3-9-19/h1-5,8-11,20,23H,6-7,12-18H2. The normalized spacial score (nSPS) is 24.6. The highest BCUT2D eigenvalue weighted by atomic mass is 19.1. The number of rotatable bonds is 3. The molecule has 152 valence electrons. The molecule has 1 saturated carbocycles. The van der Waals surface area contributed by atoms with Gasteiger partial charge < -0.3 is 4.90 Å². The zero-order chi connectivity index (χ0) is 19.8. The van der Waals surface area contributed by atoms with Crippen molar-refractivity contribution in [2.24, 2.45) is 5.41 Å². The number of carbonyl (C=O) groups excluding carboxylic acids is 1. The molecule has 0 aromatic heterocycles. The minimum atomic E-state index is -0.422. The van der Waals surface area contributed by atoms with Crippen LogP contribution in [-0.2, 0) is 0 Å². The molecule has 1 unspecified atom stereocenters. The second-order valence-corrected chi connectivity index (χ2v) is 9.06. The van der Waals surface area contributed by atoms with Gasteiger partial charge in [0.05, 0.1) is 5.56 Å². The van der Waals surface area contributed by atoms with Gasteiger partial charge in [-0.3, -0.25) is 9.69 Å². The van der Waals surface area contributed by atoms with E-state index in [4.69, 9.17) is 0 Å². The highest BCUT2D eigenvalue weighted by Crippen LogP contribution is 2.59. The first-order valence-electron chi connectivity index (χ1n) is 11.0. The molecule has 3 nitrogen and oxygen atoms in total. The largest absolute Gasteiger partial charge is 0.338 e. The zero-order valence-corrected chi connectivity index (χ0v) is 16.9. The van der Waals surface area contributed by atoms with E-state index in [1.54, 1.807) is 18.2 Å². The van der Waals surface area contributed by atoms with E-state index in [0.29, 0.717) is 30.6 Å². The number of carbonyl (C=O) groups is 1. The third-order valence-corrected chi connectivity index (χ3v) is 7.45. The van der Waals surface area contributed by atoms with Crippen molar-refractivity contribution in [3.05, 3.63) is 71.5 Å². The molecular formula is C25H29FN2O. The Hall–Kier alpha value is -2.20. The lowest BCUT2D eigenvalue weighted by Crippen LogP contribution is -2.62. The van der Waals surface area contributed by atoms with Gasteiger partial charge in [-0.1, -0.05) is 55.3 Å². The molecule has 2 saturated heterocycles. The van der Waals surface area contributed by atoms with E-state index in [-0.39, 0.29) is 11.5 Å². The molecule has 0 bridgehead atoms. The van der Waals surface area contributed by atoms with Crippen LogP contribution in [0.2, 0.25) is 0 Å². The van der Waals surface area contributed by atoms with Crippen LogP contribution in [0.4, 0.5) is 4.39 Å². The van der Waals surface area contributed by atoms with Crippen molar-refractivity contribution in [2.45, 2.75) is 50.6 Å². The van der Waals surface area contributed by atoms with Gasteiger partial charge in [0.1, 0.15) is 5.82 Å². The minimum absolute atomic E-state index is 0.169. The van der Waals surface area contributed by atoms with Crippen LogP contribution in [0, 0.1) is 11.2 Å². The maximum atomic E-state index is 14.0. The first-order valence-corrected chi connectivity index (χ1v) is 11.0. The van der Waals surface area contributed by atoms with Crippen LogP contribution in [0.15, 0.2) is 54.6 Å². The van der Waals surface area contributed by atoms with Gasteiger partial charge in [0.2, 0.25) is 0 Å². The van der Waals surface area contributed by atoms with Crippen LogP contribution in [-0.4, -0.2) is 41.4 Å². The van der Waals surface area contributed by atoms with E-state index >= 15 is 0 Å². The number of benzene rings is 2. The van der Waals surface area contributed by atoms with Gasteiger partial charge >= 0.3 is 0 Å². The summed E-state index contributed by atoms with van der Waals surface area (Å²) in [4.78, 5) is 17.3. The van der Waals surface area contributed by atoms with Gasteiger partial charge in [-0.25, -0.2) is 4.39 Å². The fraction of sp³-hybridized carbons (Fsp3) is 0.480. The van der Waals surface area contributed by atoms with Crippen LogP contribution < -0.4 is 0 Å². The lowest BCUT2D eigenvalue weighted by atomic mass is 9.66. The molecule has 1 aliphatic carbocycles. The zero-order valence-electron chi connectivity index (χ0n) is 16.9. The molecular weight excluding hydrogens is 363 g/mol. The van der Waals surface area contributed by atoms with Crippen LogP contribution in [0.25, 0.3) is 0 Å². The minimum Gasteiger partial charge on any atom is -0.338 e. The van der Waals surface area contributed by atoms with Crippen molar-refractivity contribution in [1.29, 1.82) is 0 Å². The van der Waals surface area contributed by atoms with Crippen molar-refractivity contribution >= 4 is 5.91 Å². The topological polar surface area (TPSA) is 23.6 Å². The van der Waals surface area contributed by atoms with E-state index < -0.39 is 5.82 Å². The molecule has 3 aliphatic rings. The van der Waals surface area contributed by atoms with Crippen LogP contribution in [0.3, 0.4) is 0 Å². The molecule has 1 atom stereocenters. The monoisotopic (exact) mass is 392 g/mol. The van der Waals surface area contributed by atoms with Gasteiger partial charge in [-0.15, -0.1) is 0 Å². The summed E-state index contributed by atoms with van der Waals surface area (Å²) in [6.45, 7) is 2.62. The van der Waals surface area contributed by atoms with E-state index in [2.05, 4.69) is 35.2 Å². The lowest BCUT2D eigenvalue weighted by molar-refractivity contribution is -0.111. The van der Waals surface area contributed by atoms with E-state index in [0.717, 1.165) is 12.8 Å². The Morgan fingerprint density at radius 3 is 2.28 bits per heavy atom. The summed E-state index contributed by atoms with van der Waals surface area (Å²) in [5, 5.41) is 0. The second kappa shape index (κ2) is 7.56. The van der Waals surface area contributed by atoms with Crippen molar-refractivity contribution in [1.82, 2.24) is 9.80 Å². The number of amides is 1. The van der Waals surface area contributed by atoms with E-state index in [1.165, 1.54) is 43.9 Å². The van der Waals surface area contributed by atoms with Crippen LogP contribution >= 0.6 is 0 Å². The molecule has 2 aromatic rings. The molecule has 2 heterocycles. The van der Waals surface area contributed by atoms with Crippen molar-refractivity contribution in [3.8, 4) is 0 Å². The summed E-state index contributed by atoms with van der Waals surface area (Å²) in [5.41, 5.74) is 2.11. The average Bonchev–Trinajstić information content (AvgIpc) is 3.25. The quantitative estimate of drug-likeness (QED) is 0.730. The molecule has 0 radical (unpaired) electrons. The summed E-state index contributed by atoms with van der Waals surface area (Å²) in [6, 6.07) is 18.3. The molecule has 29 heavy (non-hydrogen) atoms. The number of nitrogens with zero attached hydrogens (tertiary/aromatic N) is 2. The van der Waals surface area contributed by atoms with Crippen LogP contribution in [0.1, 0.15) is 60.5 Å². The van der Waals surface area contributed by atoms with Crippen molar-refractivity contribution in [3.63, 3.8) is 0 Å². The molecule has 5 rings (SSSR count). The second-order valence-electron chi connectivity index (χ2n) is 9.06. The van der Waals surface area contributed by atoms with Gasteiger partial charge in [0, 0.05) is 37.1 Å². The van der Waals surface area contributed by atoms with Gasteiger partial charge in [-0.05, 0) is 43.4 Å². The van der Waals surface area contributed by atoms with Gasteiger partial charge in [-0.2, -0.15) is 0 Å². The summed E-state index contributed by atoms with van der Waals surface area (Å²) < 4.78 is 14.0. The Kier molecular flexibility index (Phi) is 4.91. The fourth-order valence-corrected chi connectivity index (χ4v) is 6.02. The highest BCUT2D eigenvalue weighted by Gasteiger charge is 2.55. The Balaban J connectivity index is 1.28. The predicted octanol–water partition coefficient (Wildman–Crippen LogP) is 5.05. The SMILES string of the molecule is O=C(c1ccccc1F)N1CCC(N2CC3(CCCC3)C2c2ccccc2)CC1. The summed E-state index contributed by atoms with van der Waals surface area (Å²) in [5.74, 6) is -0.591. The third-order valence-electron chi connectivity index (χ3n) is 7.45. The first-order chi connectivity index (χ1) is 14.2. The summed E-state index contributed by atoms with van der Waals surface area (Å²) in [6.07, 6.45) is 7.33. The molecule has 4 heteroatoms. The molecule has 2 aromatic carbocycles. The smallest absolute Gasteiger partial charge is 0.256 e. The number of hydrogen-bond donors (Lipinski definition) is 0. The number of halogens is 1. The summed E-state index contributed by atoms with van der Waals surface area (Å²) >= 11 is 0. The Bertz CT molecular complexity index is 869. The summed E-state index contributed by atoms with van der Waals surface area (Å²) in [7, 11) is 0. The van der Waals surface area contributed by atoms with Crippen molar-refractivity contribution < 1.29 is 9.18 Å². The van der Waals surface area contributed by atoms with E-state index in [1.807, 2.05) is 4.90 Å². The highest BCUT2D eigenvalue weighted by molar-refractivity contribution is 5.94. The molecule has 0 N–H and O–H groups in total. The molecule has 2 aliphatic heterocycles. The lowest BCUT2D eigenvalue weighted by Gasteiger charge is -2.60. The fourth-order valence-electron chi connectivity index (χ4n) is 6.02. The number of likely N-dealkylation sites (tertiary alicyclic amines) is 2. The van der Waals surface area contributed by atoms with Gasteiger partial charge in [0.25, 0.3) is 5.91 Å². The average molecular weight is 393 g/mol. The number of piperidine rings is 1. The maximum Gasteiger partial charge on any atom is 0.256 e.